The van der Waals surface area contributed by atoms with E-state index in [2.05, 4.69) is 10.2 Å². The first-order valence-corrected chi connectivity index (χ1v) is 10.6. The second kappa shape index (κ2) is 7.88. The molecule has 0 N–H and O–H groups in total. The third-order valence-corrected chi connectivity index (χ3v) is 6.86. The fraction of sp³-hybridized carbons (Fsp3) is 0.368. The highest BCUT2D eigenvalue weighted by Gasteiger charge is 2.32. The molecule has 9 nitrogen and oxygen atoms in total. The summed E-state index contributed by atoms with van der Waals surface area (Å²) in [4.78, 5) is 0.173. The first-order valence-electron chi connectivity index (χ1n) is 9.12. The average molecular weight is 419 g/mol. The van der Waals surface area contributed by atoms with E-state index in [9.17, 15) is 8.42 Å². The minimum atomic E-state index is -3.64. The lowest BCUT2D eigenvalue weighted by Gasteiger charge is -2.29. The van der Waals surface area contributed by atoms with Crippen molar-refractivity contribution in [2.75, 3.05) is 27.3 Å². The summed E-state index contributed by atoms with van der Waals surface area (Å²) < 4.78 is 48.9. The van der Waals surface area contributed by atoms with Crippen molar-refractivity contribution in [3.05, 3.63) is 42.5 Å². The van der Waals surface area contributed by atoms with Gasteiger partial charge < -0.3 is 18.3 Å². The highest BCUT2D eigenvalue weighted by molar-refractivity contribution is 7.89. The van der Waals surface area contributed by atoms with E-state index in [0.29, 0.717) is 55.0 Å². The van der Waals surface area contributed by atoms with Crippen molar-refractivity contribution in [1.29, 1.82) is 0 Å². The topological polar surface area (TPSA) is 108 Å². The van der Waals surface area contributed by atoms with Gasteiger partial charge in [0.2, 0.25) is 15.9 Å². The lowest BCUT2D eigenvalue weighted by atomic mass is 9.98. The summed E-state index contributed by atoms with van der Waals surface area (Å²) in [6, 6.07) is 8.09. The molecule has 10 heteroatoms. The van der Waals surface area contributed by atoms with Gasteiger partial charge in [-0.3, -0.25) is 0 Å². The Balaban J connectivity index is 1.46. The number of nitrogens with zero attached hydrogens (tertiary/aromatic N) is 3. The van der Waals surface area contributed by atoms with Crippen LogP contribution in [0, 0.1) is 0 Å². The van der Waals surface area contributed by atoms with E-state index in [-0.39, 0.29) is 10.8 Å². The van der Waals surface area contributed by atoms with Gasteiger partial charge in [0.25, 0.3) is 5.89 Å². The van der Waals surface area contributed by atoms with Crippen molar-refractivity contribution < 1.29 is 26.7 Å². The molecule has 1 saturated heterocycles. The third kappa shape index (κ3) is 3.73. The maximum atomic E-state index is 13.0. The predicted molar refractivity (Wildman–Crippen MR) is 102 cm³/mol. The predicted octanol–water partition coefficient (Wildman–Crippen LogP) is 2.92. The quantitative estimate of drug-likeness (QED) is 0.600. The van der Waals surface area contributed by atoms with Gasteiger partial charge in [0, 0.05) is 25.1 Å². The first kappa shape index (κ1) is 19.5. The number of rotatable bonds is 6. The molecule has 3 aromatic rings. The summed E-state index contributed by atoms with van der Waals surface area (Å²) in [5.74, 6) is 2.19. The van der Waals surface area contributed by atoms with E-state index in [4.69, 9.17) is 18.3 Å². The molecule has 2 aromatic heterocycles. The molecule has 1 aliphatic rings. The molecule has 0 amide bonds. The van der Waals surface area contributed by atoms with Crippen molar-refractivity contribution in [1.82, 2.24) is 14.5 Å². The second-order valence-corrected chi connectivity index (χ2v) is 8.56. The van der Waals surface area contributed by atoms with Crippen LogP contribution in [0.1, 0.15) is 24.7 Å². The van der Waals surface area contributed by atoms with Crippen LogP contribution < -0.4 is 9.47 Å². The van der Waals surface area contributed by atoms with Crippen LogP contribution in [0.25, 0.3) is 11.7 Å². The Kier molecular flexibility index (Phi) is 5.29. The summed E-state index contributed by atoms with van der Waals surface area (Å²) in [6.07, 6.45) is 2.72. The molecule has 4 rings (SSSR count). The molecule has 0 radical (unpaired) electrons. The average Bonchev–Trinajstić information content (AvgIpc) is 3.45. The van der Waals surface area contributed by atoms with Gasteiger partial charge in [-0.15, -0.1) is 10.2 Å². The van der Waals surface area contributed by atoms with Gasteiger partial charge in [-0.05, 0) is 37.1 Å². The van der Waals surface area contributed by atoms with Crippen LogP contribution in [0.2, 0.25) is 0 Å². The van der Waals surface area contributed by atoms with Crippen LogP contribution in [0.4, 0.5) is 0 Å². The van der Waals surface area contributed by atoms with Gasteiger partial charge in [-0.2, -0.15) is 4.31 Å². The number of piperidine rings is 1. The maximum absolute atomic E-state index is 13.0. The highest BCUT2D eigenvalue weighted by atomic mass is 32.2. The molecule has 0 saturated carbocycles. The van der Waals surface area contributed by atoms with Crippen molar-refractivity contribution >= 4 is 10.0 Å². The summed E-state index contributed by atoms with van der Waals surface area (Å²) >= 11 is 0. The number of benzene rings is 1. The van der Waals surface area contributed by atoms with Gasteiger partial charge in [-0.25, -0.2) is 8.42 Å². The lowest BCUT2D eigenvalue weighted by molar-refractivity contribution is 0.290. The zero-order chi connectivity index (χ0) is 20.4. The Morgan fingerprint density at radius 1 is 1.07 bits per heavy atom. The third-order valence-electron chi connectivity index (χ3n) is 4.97. The Morgan fingerprint density at radius 2 is 1.83 bits per heavy atom. The molecule has 154 valence electrons. The van der Waals surface area contributed by atoms with Gasteiger partial charge >= 0.3 is 0 Å². The van der Waals surface area contributed by atoms with E-state index in [0.717, 1.165) is 0 Å². The number of furan rings is 1. The SMILES string of the molecule is COc1ccc(S(=O)(=O)N2CCC(c3nnc(-c4ccco4)o3)CC2)cc1OC. The van der Waals surface area contributed by atoms with Crippen molar-refractivity contribution in [2.45, 2.75) is 23.7 Å². The van der Waals surface area contributed by atoms with E-state index in [1.165, 1.54) is 36.9 Å². The van der Waals surface area contributed by atoms with Crippen LogP contribution in [0.5, 0.6) is 11.5 Å². The highest BCUT2D eigenvalue weighted by Crippen LogP contribution is 2.34. The van der Waals surface area contributed by atoms with E-state index in [1.807, 2.05) is 0 Å². The molecular formula is C19H21N3O6S. The molecule has 0 unspecified atom stereocenters. The molecule has 1 fully saturated rings. The zero-order valence-electron chi connectivity index (χ0n) is 16.1. The standard InChI is InChI=1S/C19H21N3O6S/c1-25-15-6-5-14(12-17(15)26-2)29(23,24)22-9-7-13(8-10-22)18-20-21-19(28-18)16-4-3-11-27-16/h3-6,11-13H,7-10H2,1-2H3. The van der Waals surface area contributed by atoms with E-state index < -0.39 is 10.0 Å². The fourth-order valence-corrected chi connectivity index (χ4v) is 4.85. The molecular weight excluding hydrogens is 398 g/mol. The summed E-state index contributed by atoms with van der Waals surface area (Å²) in [7, 11) is -0.660. The lowest BCUT2D eigenvalue weighted by Crippen LogP contribution is -2.38. The van der Waals surface area contributed by atoms with E-state index in [1.54, 1.807) is 18.2 Å². The Labute approximate surface area is 168 Å². The second-order valence-electron chi connectivity index (χ2n) is 6.62. The molecule has 1 aromatic carbocycles. The van der Waals surface area contributed by atoms with Crippen molar-refractivity contribution in [3.63, 3.8) is 0 Å². The van der Waals surface area contributed by atoms with Crippen LogP contribution in [-0.4, -0.2) is 50.2 Å². The van der Waals surface area contributed by atoms with Crippen molar-refractivity contribution in [2.24, 2.45) is 0 Å². The summed E-state index contributed by atoms with van der Waals surface area (Å²) in [5, 5.41) is 8.12. The number of hydrogen-bond acceptors (Lipinski definition) is 8. The zero-order valence-corrected chi connectivity index (χ0v) is 16.9. The van der Waals surface area contributed by atoms with E-state index >= 15 is 0 Å². The molecule has 3 heterocycles. The van der Waals surface area contributed by atoms with Crippen LogP contribution in [0.15, 0.2) is 50.3 Å². The Morgan fingerprint density at radius 3 is 2.48 bits per heavy atom. The molecule has 0 spiro atoms. The molecule has 0 aliphatic carbocycles. The molecule has 0 bridgehead atoms. The fourth-order valence-electron chi connectivity index (χ4n) is 3.37. The Bertz CT molecular complexity index is 1070. The molecule has 0 atom stereocenters. The Hall–Kier alpha value is -2.85. The number of ether oxygens (including phenoxy) is 2. The minimum absolute atomic E-state index is 0.00284. The van der Waals surface area contributed by atoms with Crippen LogP contribution >= 0.6 is 0 Å². The summed E-state index contributed by atoms with van der Waals surface area (Å²) in [6.45, 7) is 0.722. The number of methoxy groups -OCH3 is 2. The largest absolute Gasteiger partial charge is 0.493 e. The number of aromatic nitrogens is 2. The number of hydrogen-bond donors (Lipinski definition) is 0. The monoisotopic (exact) mass is 419 g/mol. The van der Waals surface area contributed by atoms with Crippen LogP contribution in [-0.2, 0) is 10.0 Å². The maximum Gasteiger partial charge on any atom is 0.283 e. The van der Waals surface area contributed by atoms with Gasteiger partial charge in [-0.1, -0.05) is 0 Å². The summed E-state index contributed by atoms with van der Waals surface area (Å²) in [5.41, 5.74) is 0. The first-order chi connectivity index (χ1) is 14.0. The minimum Gasteiger partial charge on any atom is -0.493 e. The smallest absolute Gasteiger partial charge is 0.283 e. The molecule has 29 heavy (non-hydrogen) atoms. The number of sulfonamides is 1. The normalized spacial score (nSPS) is 16.1. The van der Waals surface area contributed by atoms with Gasteiger partial charge in [0.15, 0.2) is 17.3 Å². The van der Waals surface area contributed by atoms with Crippen LogP contribution in [0.3, 0.4) is 0 Å². The molecule has 1 aliphatic heterocycles. The van der Waals surface area contributed by atoms with Crippen molar-refractivity contribution in [3.8, 4) is 23.1 Å². The van der Waals surface area contributed by atoms with Gasteiger partial charge in [0.1, 0.15) is 0 Å². The van der Waals surface area contributed by atoms with Gasteiger partial charge in [0.05, 0.1) is 25.4 Å².